The molecule has 1 N–H and O–H groups in total. The molecule has 0 spiro atoms. The Kier molecular flexibility index (Phi) is 6.89. The highest BCUT2D eigenvalue weighted by molar-refractivity contribution is 7.13. The third-order valence-corrected chi connectivity index (χ3v) is 6.16. The largest absolute Gasteiger partial charge is 0.368 e. The van der Waals surface area contributed by atoms with Gasteiger partial charge in [-0.2, -0.15) is 0 Å². The van der Waals surface area contributed by atoms with Crippen LogP contribution < -0.4 is 10.2 Å². The predicted octanol–water partition coefficient (Wildman–Crippen LogP) is 2.60. The molecule has 4 rings (SSSR count). The summed E-state index contributed by atoms with van der Waals surface area (Å²) in [4.78, 5) is 37.5. The number of amides is 2. The molecule has 0 radical (unpaired) electrons. The molecule has 2 aromatic heterocycles. The number of rotatable bonds is 7. The number of nitrogens with zero attached hydrogens (tertiary/aromatic N) is 4. The molecule has 7 nitrogen and oxygen atoms in total. The number of hydrogen-bond acceptors (Lipinski definition) is 6. The number of nitrogens with one attached hydrogen (secondary N) is 1. The van der Waals surface area contributed by atoms with Crippen molar-refractivity contribution in [2.45, 2.75) is 12.8 Å². The molecule has 0 unspecified atom stereocenters. The van der Waals surface area contributed by atoms with Gasteiger partial charge in [-0.3, -0.25) is 14.6 Å². The minimum absolute atomic E-state index is 0.0838. The maximum absolute atomic E-state index is 12.5. The van der Waals surface area contributed by atoms with Gasteiger partial charge in [0.1, 0.15) is 5.01 Å². The maximum Gasteiger partial charge on any atom is 0.226 e. The normalized spacial score (nSPS) is 13.8. The van der Waals surface area contributed by atoms with E-state index in [2.05, 4.69) is 32.3 Å². The summed E-state index contributed by atoms with van der Waals surface area (Å²) in [6, 6.07) is 14.1. The van der Waals surface area contributed by atoms with Crippen molar-refractivity contribution in [3.8, 4) is 10.6 Å². The van der Waals surface area contributed by atoms with Gasteiger partial charge >= 0.3 is 0 Å². The van der Waals surface area contributed by atoms with Crippen LogP contribution in [-0.4, -0.2) is 59.4 Å². The van der Waals surface area contributed by atoms with Crippen molar-refractivity contribution in [1.29, 1.82) is 0 Å². The molecule has 0 atom stereocenters. The van der Waals surface area contributed by atoms with Crippen LogP contribution in [0.25, 0.3) is 10.6 Å². The molecule has 1 fully saturated rings. The van der Waals surface area contributed by atoms with Crippen molar-refractivity contribution in [2.24, 2.45) is 0 Å². The molecule has 1 saturated heterocycles. The van der Waals surface area contributed by atoms with Crippen LogP contribution >= 0.6 is 11.3 Å². The van der Waals surface area contributed by atoms with Gasteiger partial charge in [0.25, 0.3) is 0 Å². The van der Waals surface area contributed by atoms with E-state index in [0.29, 0.717) is 26.1 Å². The number of carbonyl (C=O) groups is 2. The molecule has 0 saturated carbocycles. The number of benzene rings is 1. The zero-order valence-electron chi connectivity index (χ0n) is 17.2. The molecule has 1 aliphatic heterocycles. The summed E-state index contributed by atoms with van der Waals surface area (Å²) < 4.78 is 0. The van der Waals surface area contributed by atoms with Crippen molar-refractivity contribution in [1.82, 2.24) is 20.2 Å². The Morgan fingerprint density at radius 1 is 1.03 bits per heavy atom. The van der Waals surface area contributed by atoms with Crippen molar-refractivity contribution in [2.75, 3.05) is 37.6 Å². The van der Waals surface area contributed by atoms with Gasteiger partial charge in [0.2, 0.25) is 11.8 Å². The van der Waals surface area contributed by atoms with Crippen LogP contribution in [0.5, 0.6) is 0 Å². The van der Waals surface area contributed by atoms with E-state index in [1.165, 1.54) is 17.0 Å². The number of hydrogen-bond donors (Lipinski definition) is 1. The zero-order valence-corrected chi connectivity index (χ0v) is 18.1. The molecule has 0 bridgehead atoms. The first-order chi connectivity index (χ1) is 15.2. The fourth-order valence-electron chi connectivity index (χ4n) is 3.56. The highest BCUT2D eigenvalue weighted by atomic mass is 32.1. The van der Waals surface area contributed by atoms with E-state index in [1.54, 1.807) is 12.4 Å². The second-order valence-electron chi connectivity index (χ2n) is 7.37. The van der Waals surface area contributed by atoms with Gasteiger partial charge in [0, 0.05) is 68.2 Å². The summed E-state index contributed by atoms with van der Waals surface area (Å²) in [5, 5.41) is 5.58. The number of carbonyl (C=O) groups excluding carboxylic acids is 2. The van der Waals surface area contributed by atoms with Gasteiger partial charge in [0.15, 0.2) is 0 Å². The summed E-state index contributed by atoms with van der Waals surface area (Å²) in [7, 11) is 0. The monoisotopic (exact) mass is 435 g/mol. The average molecular weight is 436 g/mol. The number of aromatic nitrogens is 2. The third-order valence-electron chi connectivity index (χ3n) is 5.22. The SMILES string of the molecule is O=C(Cc1csc(-c2cccnc2)n1)NCCC(=O)N1CCN(c2ccccc2)CC1. The molecule has 31 heavy (non-hydrogen) atoms. The Morgan fingerprint density at radius 2 is 1.84 bits per heavy atom. The van der Waals surface area contributed by atoms with Gasteiger partial charge < -0.3 is 15.1 Å². The second kappa shape index (κ2) is 10.2. The van der Waals surface area contributed by atoms with E-state index < -0.39 is 0 Å². The molecule has 3 aromatic rings. The number of pyridine rings is 1. The van der Waals surface area contributed by atoms with Crippen molar-refractivity contribution < 1.29 is 9.59 Å². The van der Waals surface area contributed by atoms with Crippen LogP contribution in [0.2, 0.25) is 0 Å². The quantitative estimate of drug-likeness (QED) is 0.617. The zero-order chi connectivity index (χ0) is 21.5. The first-order valence-corrected chi connectivity index (χ1v) is 11.3. The smallest absolute Gasteiger partial charge is 0.226 e. The summed E-state index contributed by atoms with van der Waals surface area (Å²) in [5.41, 5.74) is 2.86. The van der Waals surface area contributed by atoms with E-state index in [-0.39, 0.29) is 18.2 Å². The maximum atomic E-state index is 12.5. The molecule has 1 aliphatic rings. The van der Waals surface area contributed by atoms with Crippen LogP contribution in [0.3, 0.4) is 0 Å². The van der Waals surface area contributed by atoms with Crippen LogP contribution in [0.1, 0.15) is 12.1 Å². The summed E-state index contributed by atoms with van der Waals surface area (Å²) in [6.45, 7) is 3.40. The molecule has 0 aliphatic carbocycles. The third kappa shape index (κ3) is 5.67. The second-order valence-corrected chi connectivity index (χ2v) is 8.22. The topological polar surface area (TPSA) is 78.4 Å². The van der Waals surface area contributed by atoms with E-state index >= 15 is 0 Å². The Bertz CT molecular complexity index is 1000. The number of para-hydroxylation sites is 1. The lowest BCUT2D eigenvalue weighted by Gasteiger charge is -2.36. The minimum Gasteiger partial charge on any atom is -0.368 e. The lowest BCUT2D eigenvalue weighted by Crippen LogP contribution is -2.49. The van der Waals surface area contributed by atoms with Gasteiger partial charge in [-0.15, -0.1) is 11.3 Å². The number of anilines is 1. The molecule has 2 amide bonds. The van der Waals surface area contributed by atoms with Crippen molar-refractivity contribution in [3.05, 3.63) is 65.9 Å². The standard InChI is InChI=1S/C23H25N5O2S/c29-21(15-19-17-31-23(26-19)18-5-4-9-24-16-18)25-10-8-22(30)28-13-11-27(12-14-28)20-6-2-1-3-7-20/h1-7,9,16-17H,8,10-15H2,(H,25,29). The summed E-state index contributed by atoms with van der Waals surface area (Å²) >= 11 is 1.49. The Balaban J connectivity index is 1.17. The minimum atomic E-state index is -0.121. The molecule has 160 valence electrons. The number of thiazole rings is 1. The van der Waals surface area contributed by atoms with Crippen LogP contribution in [-0.2, 0) is 16.0 Å². The lowest BCUT2D eigenvalue weighted by molar-refractivity contribution is -0.131. The molecule has 3 heterocycles. The lowest BCUT2D eigenvalue weighted by atomic mass is 10.2. The van der Waals surface area contributed by atoms with E-state index in [0.717, 1.165) is 29.4 Å². The van der Waals surface area contributed by atoms with E-state index in [4.69, 9.17) is 0 Å². The van der Waals surface area contributed by atoms with Crippen molar-refractivity contribution in [3.63, 3.8) is 0 Å². The van der Waals surface area contributed by atoms with Gasteiger partial charge in [0.05, 0.1) is 12.1 Å². The van der Waals surface area contributed by atoms with Crippen molar-refractivity contribution >= 4 is 28.8 Å². The van der Waals surface area contributed by atoms with E-state index in [9.17, 15) is 9.59 Å². The molecular weight excluding hydrogens is 410 g/mol. The Hall–Kier alpha value is -3.26. The average Bonchev–Trinajstić information content (AvgIpc) is 3.28. The first-order valence-electron chi connectivity index (χ1n) is 10.4. The molecule has 1 aromatic carbocycles. The van der Waals surface area contributed by atoms with Crippen LogP contribution in [0, 0.1) is 0 Å². The summed E-state index contributed by atoms with van der Waals surface area (Å²) in [5.74, 6) is -0.0368. The highest BCUT2D eigenvalue weighted by Gasteiger charge is 2.21. The fourth-order valence-corrected chi connectivity index (χ4v) is 4.37. The fraction of sp³-hybridized carbons (Fsp3) is 0.304. The Morgan fingerprint density at radius 3 is 2.58 bits per heavy atom. The van der Waals surface area contributed by atoms with Crippen LogP contribution in [0.4, 0.5) is 5.69 Å². The first kappa shape index (κ1) is 21.0. The van der Waals surface area contributed by atoms with E-state index in [1.807, 2.05) is 40.6 Å². The predicted molar refractivity (Wildman–Crippen MR) is 122 cm³/mol. The van der Waals surface area contributed by atoms with Gasteiger partial charge in [-0.25, -0.2) is 4.98 Å². The molecule has 8 heteroatoms. The summed E-state index contributed by atoms with van der Waals surface area (Å²) in [6.07, 6.45) is 4.00. The van der Waals surface area contributed by atoms with Gasteiger partial charge in [-0.1, -0.05) is 18.2 Å². The van der Waals surface area contributed by atoms with Gasteiger partial charge in [-0.05, 0) is 24.3 Å². The number of piperazine rings is 1. The molecular formula is C23H25N5O2S. The van der Waals surface area contributed by atoms with Crippen LogP contribution in [0.15, 0.2) is 60.2 Å². The Labute approximate surface area is 185 Å². The highest BCUT2D eigenvalue weighted by Crippen LogP contribution is 2.22.